The number of ether oxygens (including phenoxy) is 1. The summed E-state index contributed by atoms with van der Waals surface area (Å²) in [6.45, 7) is 3.16. The second-order valence-electron chi connectivity index (χ2n) is 11.5. The van der Waals surface area contributed by atoms with E-state index in [1.807, 2.05) is 37.3 Å². The van der Waals surface area contributed by atoms with E-state index in [2.05, 4.69) is 10.6 Å². The molecule has 2 atom stereocenters. The summed E-state index contributed by atoms with van der Waals surface area (Å²) in [6, 6.07) is 13.9. The zero-order chi connectivity index (χ0) is 30.6. The van der Waals surface area contributed by atoms with Gasteiger partial charge in [0.2, 0.25) is 5.91 Å². The van der Waals surface area contributed by atoms with E-state index >= 15 is 0 Å². The number of amides is 4. The third-order valence-electron chi connectivity index (χ3n) is 8.20. The van der Waals surface area contributed by atoms with E-state index < -0.39 is 18.1 Å². The largest absolute Gasteiger partial charge is 0.493 e. The summed E-state index contributed by atoms with van der Waals surface area (Å²) in [5.41, 5.74) is 1.81. The second-order valence-corrected chi connectivity index (χ2v) is 11.5. The molecule has 0 radical (unpaired) electrons. The fourth-order valence-electron chi connectivity index (χ4n) is 5.75. The van der Waals surface area contributed by atoms with Crippen LogP contribution in [0.2, 0.25) is 0 Å². The van der Waals surface area contributed by atoms with Gasteiger partial charge in [-0.1, -0.05) is 49.6 Å². The first-order chi connectivity index (χ1) is 20.9. The molecule has 10 heteroatoms. The number of hydrogen-bond acceptors (Lipinski definition) is 6. The van der Waals surface area contributed by atoms with Crippen LogP contribution < -0.4 is 20.3 Å². The van der Waals surface area contributed by atoms with Gasteiger partial charge >= 0.3 is 6.03 Å². The molecule has 10 nitrogen and oxygen atoms in total. The number of carbonyl (C=O) groups is 3. The van der Waals surface area contributed by atoms with E-state index in [9.17, 15) is 19.5 Å². The van der Waals surface area contributed by atoms with Gasteiger partial charge in [0.15, 0.2) is 0 Å². The summed E-state index contributed by atoms with van der Waals surface area (Å²) >= 11 is 0. The lowest BCUT2D eigenvalue weighted by Crippen LogP contribution is -2.53. The second kappa shape index (κ2) is 16.3. The van der Waals surface area contributed by atoms with Crippen LogP contribution in [0.3, 0.4) is 0 Å². The quantitative estimate of drug-likeness (QED) is 0.247. The molecule has 0 aromatic heterocycles. The lowest BCUT2D eigenvalue weighted by Gasteiger charge is -2.32. The highest BCUT2D eigenvalue weighted by Crippen LogP contribution is 2.28. The van der Waals surface area contributed by atoms with Crippen LogP contribution in [0.5, 0.6) is 5.75 Å². The van der Waals surface area contributed by atoms with Crippen molar-refractivity contribution < 1.29 is 29.3 Å². The lowest BCUT2D eigenvalue weighted by atomic mass is 9.96. The van der Waals surface area contributed by atoms with Crippen LogP contribution in [-0.4, -0.2) is 84.0 Å². The fraction of sp³-hybridized carbons (Fsp3) is 0.545. The van der Waals surface area contributed by atoms with Crippen molar-refractivity contribution in [2.24, 2.45) is 0 Å². The summed E-state index contributed by atoms with van der Waals surface area (Å²) in [5, 5.41) is 26.7. The Morgan fingerprint density at radius 1 is 1.09 bits per heavy atom. The molecular weight excluding hydrogens is 548 g/mol. The standard InChI is InChI=1S/C33H46N4O6/c1-2-36(33(42)34-26-13-7-4-8-14-26)23-30(39)29(19-24-11-5-3-6-12-24)35-32(41)25-20-27(37-16-9-15-31(37)40)22-28(21-25)43-18-10-17-38/h3,5-6,11-12,20-22,26,29-30,38-39H,2,4,7-10,13-19,23H2,1H3,(H,34,42)(H,35,41). The molecule has 0 spiro atoms. The van der Waals surface area contributed by atoms with E-state index in [-0.39, 0.29) is 37.7 Å². The number of aliphatic hydroxyl groups excluding tert-OH is 2. The van der Waals surface area contributed by atoms with Gasteiger partial charge in [-0.25, -0.2) is 4.79 Å². The Bertz CT molecular complexity index is 1200. The van der Waals surface area contributed by atoms with Crippen molar-refractivity contribution >= 4 is 23.5 Å². The van der Waals surface area contributed by atoms with Crippen molar-refractivity contribution in [3.05, 3.63) is 59.7 Å². The third kappa shape index (κ3) is 9.43. The molecule has 1 saturated heterocycles. The predicted octanol–water partition coefficient (Wildman–Crippen LogP) is 3.64. The van der Waals surface area contributed by atoms with Crippen molar-refractivity contribution in [3.63, 3.8) is 0 Å². The molecule has 0 bridgehead atoms. The highest BCUT2D eigenvalue weighted by Gasteiger charge is 2.28. The summed E-state index contributed by atoms with van der Waals surface area (Å²) < 4.78 is 5.80. The van der Waals surface area contributed by atoms with Gasteiger partial charge in [0, 0.05) is 55.9 Å². The van der Waals surface area contributed by atoms with Gasteiger partial charge < -0.3 is 35.4 Å². The Labute approximate surface area is 254 Å². The van der Waals surface area contributed by atoms with Crippen LogP contribution >= 0.6 is 0 Å². The number of hydrogen-bond donors (Lipinski definition) is 4. The first-order valence-corrected chi connectivity index (χ1v) is 15.6. The van der Waals surface area contributed by atoms with Crippen molar-refractivity contribution in [3.8, 4) is 5.75 Å². The molecule has 4 rings (SSSR count). The number of benzene rings is 2. The molecule has 2 aromatic carbocycles. The van der Waals surface area contributed by atoms with Crippen LogP contribution in [0.25, 0.3) is 0 Å². The molecule has 2 unspecified atom stereocenters. The number of nitrogens with zero attached hydrogens (tertiary/aromatic N) is 2. The van der Waals surface area contributed by atoms with Crippen LogP contribution in [0.15, 0.2) is 48.5 Å². The molecule has 43 heavy (non-hydrogen) atoms. The monoisotopic (exact) mass is 594 g/mol. The van der Waals surface area contributed by atoms with E-state index in [0.717, 1.165) is 37.7 Å². The highest BCUT2D eigenvalue weighted by atomic mass is 16.5. The Hall–Kier alpha value is -3.63. The molecule has 2 fully saturated rings. The summed E-state index contributed by atoms with van der Waals surface area (Å²) in [5.74, 6) is -0.00917. The van der Waals surface area contributed by atoms with E-state index in [0.29, 0.717) is 49.4 Å². The minimum atomic E-state index is -1.04. The Morgan fingerprint density at radius 2 is 1.86 bits per heavy atom. The fourth-order valence-corrected chi connectivity index (χ4v) is 5.75. The van der Waals surface area contributed by atoms with Crippen LogP contribution in [0, 0.1) is 0 Å². The SMILES string of the molecule is CCN(CC(O)C(Cc1ccccc1)NC(=O)c1cc(OCCCO)cc(N2CCCC2=O)c1)C(=O)NC1CCCCC1. The van der Waals surface area contributed by atoms with Gasteiger partial charge in [-0.15, -0.1) is 0 Å². The molecule has 1 saturated carbocycles. The maximum absolute atomic E-state index is 13.7. The summed E-state index contributed by atoms with van der Waals surface area (Å²) in [7, 11) is 0. The average molecular weight is 595 g/mol. The zero-order valence-corrected chi connectivity index (χ0v) is 25.2. The Morgan fingerprint density at radius 3 is 2.53 bits per heavy atom. The average Bonchev–Trinajstić information content (AvgIpc) is 3.46. The maximum Gasteiger partial charge on any atom is 0.317 e. The zero-order valence-electron chi connectivity index (χ0n) is 25.2. The van der Waals surface area contributed by atoms with Crippen molar-refractivity contribution in [1.82, 2.24) is 15.5 Å². The van der Waals surface area contributed by atoms with Gasteiger partial charge in [-0.05, 0) is 50.3 Å². The molecule has 1 aliphatic heterocycles. The van der Waals surface area contributed by atoms with Crippen LogP contribution in [0.4, 0.5) is 10.5 Å². The molecule has 234 valence electrons. The van der Waals surface area contributed by atoms with Gasteiger partial charge in [-0.3, -0.25) is 9.59 Å². The third-order valence-corrected chi connectivity index (χ3v) is 8.20. The van der Waals surface area contributed by atoms with Crippen LogP contribution in [-0.2, 0) is 11.2 Å². The van der Waals surface area contributed by atoms with E-state index in [1.54, 1.807) is 28.0 Å². The van der Waals surface area contributed by atoms with Crippen molar-refractivity contribution in [2.75, 3.05) is 37.7 Å². The molecule has 4 amide bonds. The number of likely N-dealkylation sites (N-methyl/N-ethyl adjacent to an activating group) is 1. The number of rotatable bonds is 14. The first kappa shape index (κ1) is 32.3. The van der Waals surface area contributed by atoms with E-state index in [1.165, 1.54) is 6.42 Å². The molecule has 1 aliphatic carbocycles. The van der Waals surface area contributed by atoms with Crippen molar-refractivity contribution in [2.45, 2.75) is 82.9 Å². The Balaban J connectivity index is 1.52. The number of nitrogens with one attached hydrogen (secondary N) is 2. The molecule has 4 N–H and O–H groups in total. The molecular formula is C33H46N4O6. The molecule has 1 heterocycles. The number of aliphatic hydroxyl groups is 2. The summed E-state index contributed by atoms with van der Waals surface area (Å²) in [6.07, 6.45) is 6.27. The highest BCUT2D eigenvalue weighted by molar-refractivity contribution is 5.99. The lowest BCUT2D eigenvalue weighted by molar-refractivity contribution is -0.117. The number of anilines is 1. The minimum Gasteiger partial charge on any atom is -0.493 e. The first-order valence-electron chi connectivity index (χ1n) is 15.6. The maximum atomic E-state index is 13.7. The van der Waals surface area contributed by atoms with Gasteiger partial charge in [-0.2, -0.15) is 0 Å². The minimum absolute atomic E-state index is 0.0117. The van der Waals surface area contributed by atoms with E-state index in [4.69, 9.17) is 9.84 Å². The smallest absolute Gasteiger partial charge is 0.317 e. The predicted molar refractivity (Wildman–Crippen MR) is 165 cm³/mol. The van der Waals surface area contributed by atoms with Crippen LogP contribution in [0.1, 0.15) is 74.2 Å². The summed E-state index contributed by atoms with van der Waals surface area (Å²) in [4.78, 5) is 42.5. The molecule has 2 aromatic rings. The normalized spacial score (nSPS) is 16.9. The Kier molecular flexibility index (Phi) is 12.2. The van der Waals surface area contributed by atoms with Gasteiger partial charge in [0.1, 0.15) is 5.75 Å². The number of carbonyl (C=O) groups excluding carboxylic acids is 3. The van der Waals surface area contributed by atoms with Gasteiger partial charge in [0.05, 0.1) is 25.3 Å². The van der Waals surface area contributed by atoms with Gasteiger partial charge in [0.25, 0.3) is 5.91 Å². The molecule has 2 aliphatic rings. The topological polar surface area (TPSA) is 131 Å². The van der Waals surface area contributed by atoms with Crippen molar-refractivity contribution in [1.29, 1.82) is 0 Å². The number of urea groups is 1.